The fourth-order valence-corrected chi connectivity index (χ4v) is 2.54. The van der Waals surface area contributed by atoms with E-state index < -0.39 is 17.7 Å². The lowest BCUT2D eigenvalue weighted by molar-refractivity contribution is -0.132. The van der Waals surface area contributed by atoms with Gasteiger partial charge in [-0.25, -0.2) is 13.8 Å². The summed E-state index contributed by atoms with van der Waals surface area (Å²) in [6.45, 7) is 6.26. The lowest BCUT2D eigenvalue weighted by Crippen LogP contribution is -2.35. The number of nitrogens with zero attached hydrogens (tertiary/aromatic N) is 1. The number of anilines is 1. The van der Waals surface area contributed by atoms with Gasteiger partial charge in [0.1, 0.15) is 12.2 Å². The van der Waals surface area contributed by atoms with Gasteiger partial charge in [0.25, 0.3) is 5.92 Å². The van der Waals surface area contributed by atoms with E-state index >= 15 is 0 Å². The minimum atomic E-state index is -3.06. The molecule has 1 heterocycles. The Hall–Kier alpha value is -2.24. The van der Waals surface area contributed by atoms with Crippen LogP contribution in [0.3, 0.4) is 0 Å². The summed E-state index contributed by atoms with van der Waals surface area (Å²) in [6, 6.07) is 5.17. The van der Waals surface area contributed by atoms with Crippen LogP contribution in [-0.4, -0.2) is 16.8 Å². The van der Waals surface area contributed by atoms with Gasteiger partial charge >= 0.3 is 0 Å². The molecule has 0 spiro atoms. The summed E-state index contributed by atoms with van der Waals surface area (Å²) in [5.74, 6) is -4.65. The van der Waals surface area contributed by atoms with Gasteiger partial charge in [0.05, 0.1) is 5.69 Å². The normalized spacial score (nSPS) is 12.9. The number of halogens is 2. The third kappa shape index (κ3) is 4.19. The van der Waals surface area contributed by atoms with Crippen LogP contribution in [0.25, 0.3) is 11.5 Å². The summed E-state index contributed by atoms with van der Waals surface area (Å²) in [6.07, 6.45) is 2.18. The van der Waals surface area contributed by atoms with Crippen molar-refractivity contribution in [1.29, 1.82) is 0 Å². The van der Waals surface area contributed by atoms with Crippen LogP contribution >= 0.6 is 0 Å². The highest BCUT2D eigenvalue weighted by Gasteiger charge is 2.38. The predicted molar refractivity (Wildman–Crippen MR) is 89.1 cm³/mol. The molecule has 0 aliphatic heterocycles. The Kier molecular flexibility index (Phi) is 5.36. The predicted octanol–water partition coefficient (Wildman–Crippen LogP) is 4.97. The molecule has 24 heavy (non-hydrogen) atoms. The van der Waals surface area contributed by atoms with E-state index in [0.29, 0.717) is 18.0 Å². The second-order valence-electron chi connectivity index (χ2n) is 6.11. The Labute approximate surface area is 140 Å². The maximum atomic E-state index is 13.7. The molecule has 1 N–H and O–H groups in total. The van der Waals surface area contributed by atoms with Crippen LogP contribution in [0.4, 0.5) is 14.5 Å². The summed E-state index contributed by atoms with van der Waals surface area (Å²) in [4.78, 5) is 16.5. The molecule has 0 aliphatic rings. The summed E-state index contributed by atoms with van der Waals surface area (Å²) >= 11 is 0. The van der Waals surface area contributed by atoms with Gasteiger partial charge in [-0.05, 0) is 38.0 Å². The number of rotatable bonds is 6. The van der Waals surface area contributed by atoms with Gasteiger partial charge in [0, 0.05) is 18.2 Å². The highest BCUT2D eigenvalue weighted by atomic mass is 19.3. The van der Waals surface area contributed by atoms with Crippen molar-refractivity contribution in [3.05, 3.63) is 35.7 Å². The molecular formula is C18H22F2N2O2. The molecule has 0 fully saturated rings. The number of amides is 1. The second-order valence-corrected chi connectivity index (χ2v) is 6.11. The molecule has 1 aromatic carbocycles. The number of carbonyl (C=O) groups is 1. The minimum Gasteiger partial charge on any atom is -0.444 e. The summed E-state index contributed by atoms with van der Waals surface area (Å²) in [5, 5.41) is 2.59. The van der Waals surface area contributed by atoms with Crippen LogP contribution in [0.15, 0.2) is 28.9 Å². The molecule has 0 saturated carbocycles. The molecule has 1 amide bonds. The maximum absolute atomic E-state index is 13.7. The first-order chi connectivity index (χ1) is 11.2. The Bertz CT molecular complexity index is 720. The van der Waals surface area contributed by atoms with E-state index in [1.165, 1.54) is 6.26 Å². The first kappa shape index (κ1) is 18.1. The molecule has 0 bridgehead atoms. The van der Waals surface area contributed by atoms with Crippen LogP contribution in [-0.2, 0) is 4.79 Å². The van der Waals surface area contributed by atoms with E-state index in [-0.39, 0.29) is 6.42 Å². The quantitative estimate of drug-likeness (QED) is 0.810. The summed E-state index contributed by atoms with van der Waals surface area (Å²) in [5.41, 5.74) is 2.83. The van der Waals surface area contributed by atoms with Crippen molar-refractivity contribution in [1.82, 2.24) is 4.98 Å². The monoisotopic (exact) mass is 336 g/mol. The van der Waals surface area contributed by atoms with Gasteiger partial charge in [-0.15, -0.1) is 0 Å². The van der Waals surface area contributed by atoms with Crippen molar-refractivity contribution in [2.75, 3.05) is 5.32 Å². The zero-order valence-electron chi connectivity index (χ0n) is 14.3. The van der Waals surface area contributed by atoms with Crippen LogP contribution in [0.5, 0.6) is 0 Å². The number of hydrogen-bond acceptors (Lipinski definition) is 3. The topological polar surface area (TPSA) is 55.1 Å². The molecule has 0 aliphatic carbocycles. The Morgan fingerprint density at radius 1 is 1.38 bits per heavy atom. The average Bonchev–Trinajstić information content (AvgIpc) is 2.91. The molecule has 2 rings (SSSR count). The van der Waals surface area contributed by atoms with Gasteiger partial charge < -0.3 is 9.73 Å². The van der Waals surface area contributed by atoms with Crippen LogP contribution in [0.1, 0.15) is 37.9 Å². The SMILES string of the molecule is CCCC(C(=O)Nc1ccc(C)c(-c2nc(C)co2)c1)C(C)(F)F. The summed E-state index contributed by atoms with van der Waals surface area (Å²) < 4.78 is 32.7. The van der Waals surface area contributed by atoms with Gasteiger partial charge in [-0.3, -0.25) is 4.79 Å². The molecule has 1 atom stereocenters. The second kappa shape index (κ2) is 7.11. The molecule has 130 valence electrons. The standard InChI is InChI=1S/C18H22F2N2O2/c1-5-6-15(18(4,19)20)16(23)22-13-8-7-11(2)14(9-13)17-21-12(3)10-24-17/h7-10,15H,5-6H2,1-4H3,(H,22,23). The van der Waals surface area contributed by atoms with Crippen LogP contribution < -0.4 is 5.32 Å². The summed E-state index contributed by atoms with van der Waals surface area (Å²) in [7, 11) is 0. The van der Waals surface area contributed by atoms with Gasteiger partial charge in [-0.1, -0.05) is 19.4 Å². The zero-order chi connectivity index (χ0) is 17.9. The fourth-order valence-electron chi connectivity index (χ4n) is 2.54. The number of nitrogens with one attached hydrogen (secondary N) is 1. The van der Waals surface area contributed by atoms with E-state index in [9.17, 15) is 13.6 Å². The number of hydrogen-bond donors (Lipinski definition) is 1. The van der Waals surface area contributed by atoms with Crippen molar-refractivity contribution in [2.45, 2.75) is 46.5 Å². The lowest BCUT2D eigenvalue weighted by atomic mass is 9.96. The third-order valence-corrected chi connectivity index (χ3v) is 3.86. The zero-order valence-corrected chi connectivity index (χ0v) is 14.3. The number of aromatic nitrogens is 1. The number of benzene rings is 1. The van der Waals surface area contributed by atoms with Crippen molar-refractivity contribution < 1.29 is 18.0 Å². The van der Waals surface area contributed by atoms with E-state index in [4.69, 9.17) is 4.42 Å². The molecule has 6 heteroatoms. The average molecular weight is 336 g/mol. The van der Waals surface area contributed by atoms with E-state index in [1.807, 2.05) is 13.8 Å². The van der Waals surface area contributed by atoms with Crippen LogP contribution in [0.2, 0.25) is 0 Å². The smallest absolute Gasteiger partial charge is 0.256 e. The Morgan fingerprint density at radius 2 is 2.08 bits per heavy atom. The van der Waals surface area contributed by atoms with Crippen molar-refractivity contribution >= 4 is 11.6 Å². The molecule has 1 unspecified atom stereocenters. The Balaban J connectivity index is 2.25. The number of aryl methyl sites for hydroxylation is 2. The molecule has 0 saturated heterocycles. The molecule has 4 nitrogen and oxygen atoms in total. The van der Waals surface area contributed by atoms with E-state index in [1.54, 1.807) is 25.1 Å². The Morgan fingerprint density at radius 3 is 2.62 bits per heavy atom. The number of carbonyl (C=O) groups excluding carboxylic acids is 1. The minimum absolute atomic E-state index is 0.132. The van der Waals surface area contributed by atoms with Crippen molar-refractivity contribution in [2.24, 2.45) is 5.92 Å². The largest absolute Gasteiger partial charge is 0.444 e. The molecule has 2 aromatic rings. The molecule has 0 radical (unpaired) electrons. The number of oxazole rings is 1. The highest BCUT2D eigenvalue weighted by Crippen LogP contribution is 2.30. The van der Waals surface area contributed by atoms with Gasteiger partial charge in [0.15, 0.2) is 0 Å². The highest BCUT2D eigenvalue weighted by molar-refractivity contribution is 5.93. The van der Waals surface area contributed by atoms with E-state index in [2.05, 4.69) is 10.3 Å². The fraction of sp³-hybridized carbons (Fsp3) is 0.444. The van der Waals surface area contributed by atoms with E-state index in [0.717, 1.165) is 23.7 Å². The van der Waals surface area contributed by atoms with Crippen molar-refractivity contribution in [3.63, 3.8) is 0 Å². The molecular weight excluding hydrogens is 314 g/mol. The number of alkyl halides is 2. The first-order valence-electron chi connectivity index (χ1n) is 7.94. The first-order valence-corrected chi connectivity index (χ1v) is 7.94. The van der Waals surface area contributed by atoms with Crippen LogP contribution in [0, 0.1) is 19.8 Å². The van der Waals surface area contributed by atoms with Crippen molar-refractivity contribution in [3.8, 4) is 11.5 Å². The maximum Gasteiger partial charge on any atom is 0.256 e. The van der Waals surface area contributed by atoms with Gasteiger partial charge in [0.2, 0.25) is 11.8 Å². The lowest BCUT2D eigenvalue weighted by Gasteiger charge is -2.22. The third-order valence-electron chi connectivity index (χ3n) is 3.86. The van der Waals surface area contributed by atoms with Gasteiger partial charge in [-0.2, -0.15) is 0 Å². The molecule has 1 aromatic heterocycles.